The van der Waals surface area contributed by atoms with Crippen LogP contribution in [0.25, 0.3) is 0 Å². The van der Waals surface area contributed by atoms with Crippen LogP contribution in [0.4, 0.5) is 8.78 Å². The molecular formula is C10H10F2O5. The maximum absolute atomic E-state index is 12.2. The Labute approximate surface area is 95.5 Å². The van der Waals surface area contributed by atoms with Gasteiger partial charge in [0.15, 0.2) is 11.5 Å². The largest absolute Gasteiger partial charge is 0.493 e. The first-order chi connectivity index (χ1) is 7.99. The van der Waals surface area contributed by atoms with E-state index < -0.39 is 12.6 Å². The molecule has 5 nitrogen and oxygen atoms in total. The molecular weight excluding hydrogens is 238 g/mol. The Hall–Kier alpha value is -2.05. The number of hydrogen-bond acceptors (Lipinski definition) is 4. The van der Waals surface area contributed by atoms with E-state index in [2.05, 4.69) is 4.74 Å². The highest BCUT2D eigenvalue weighted by atomic mass is 19.3. The van der Waals surface area contributed by atoms with Crippen LogP contribution in [0.5, 0.6) is 17.2 Å². The summed E-state index contributed by atoms with van der Waals surface area (Å²) in [5.41, 5.74) is -0.152. The highest BCUT2D eigenvalue weighted by molar-refractivity contribution is 5.89. The quantitative estimate of drug-likeness (QED) is 0.863. The molecule has 0 heterocycles. The lowest BCUT2D eigenvalue weighted by molar-refractivity contribution is -0.0526. The third kappa shape index (κ3) is 2.96. The second kappa shape index (κ2) is 5.33. The zero-order valence-electron chi connectivity index (χ0n) is 9.07. The molecule has 0 radical (unpaired) electrons. The van der Waals surface area contributed by atoms with Crippen LogP contribution in [0, 0.1) is 0 Å². The number of halogens is 2. The molecule has 1 rings (SSSR count). The summed E-state index contributed by atoms with van der Waals surface area (Å²) in [5, 5.41) is 8.80. The molecule has 0 atom stereocenters. The summed E-state index contributed by atoms with van der Waals surface area (Å²) in [6.07, 6.45) is 0. The summed E-state index contributed by atoms with van der Waals surface area (Å²) in [6, 6.07) is 2.14. The summed E-state index contributed by atoms with van der Waals surface area (Å²) in [7, 11) is 2.41. The number of hydrogen-bond donors (Lipinski definition) is 1. The summed E-state index contributed by atoms with van der Waals surface area (Å²) in [5.74, 6) is -1.84. The normalized spacial score (nSPS) is 10.2. The van der Waals surface area contributed by atoms with Crippen molar-refractivity contribution < 1.29 is 32.9 Å². The van der Waals surface area contributed by atoms with Crippen LogP contribution in [0.15, 0.2) is 12.1 Å². The van der Waals surface area contributed by atoms with E-state index in [4.69, 9.17) is 14.6 Å². The molecule has 1 aromatic carbocycles. The van der Waals surface area contributed by atoms with E-state index in [1.54, 1.807) is 0 Å². The van der Waals surface area contributed by atoms with Gasteiger partial charge in [0.1, 0.15) is 0 Å². The first-order valence-corrected chi connectivity index (χ1v) is 4.43. The fourth-order valence-corrected chi connectivity index (χ4v) is 1.21. The molecule has 0 aromatic heterocycles. The molecule has 0 spiro atoms. The summed E-state index contributed by atoms with van der Waals surface area (Å²) in [6.45, 7) is -3.06. The predicted molar refractivity (Wildman–Crippen MR) is 53.1 cm³/mol. The van der Waals surface area contributed by atoms with Crippen LogP contribution < -0.4 is 14.2 Å². The number of alkyl halides is 2. The fraction of sp³-hybridized carbons (Fsp3) is 0.300. The SMILES string of the molecule is COc1cc(C(=O)O)cc(OC)c1OC(F)F. The maximum Gasteiger partial charge on any atom is 0.387 e. The van der Waals surface area contributed by atoms with Crippen LogP contribution in [0.1, 0.15) is 10.4 Å². The Morgan fingerprint density at radius 2 is 1.71 bits per heavy atom. The molecule has 0 amide bonds. The van der Waals surface area contributed by atoms with Crippen LogP contribution in [0.3, 0.4) is 0 Å². The first-order valence-electron chi connectivity index (χ1n) is 4.43. The highest BCUT2D eigenvalue weighted by Gasteiger charge is 2.19. The monoisotopic (exact) mass is 248 g/mol. The Morgan fingerprint density at radius 3 is 2.00 bits per heavy atom. The third-order valence-electron chi connectivity index (χ3n) is 1.91. The second-order valence-corrected chi connectivity index (χ2v) is 2.89. The van der Waals surface area contributed by atoms with Crippen molar-refractivity contribution in [1.29, 1.82) is 0 Å². The smallest absolute Gasteiger partial charge is 0.387 e. The molecule has 0 saturated heterocycles. The van der Waals surface area contributed by atoms with Gasteiger partial charge < -0.3 is 19.3 Å². The fourth-order valence-electron chi connectivity index (χ4n) is 1.21. The summed E-state index contributed by atoms with van der Waals surface area (Å²) >= 11 is 0. The van der Waals surface area contributed by atoms with E-state index >= 15 is 0 Å². The van der Waals surface area contributed by atoms with Gasteiger partial charge in [0, 0.05) is 0 Å². The number of aromatic carboxylic acids is 1. The molecule has 0 aliphatic heterocycles. The first kappa shape index (κ1) is 13.0. The van der Waals surface area contributed by atoms with Crippen molar-refractivity contribution in [3.63, 3.8) is 0 Å². The van der Waals surface area contributed by atoms with Crippen LogP contribution in [-0.4, -0.2) is 31.9 Å². The highest BCUT2D eigenvalue weighted by Crippen LogP contribution is 2.39. The molecule has 0 aliphatic carbocycles. The van der Waals surface area contributed by atoms with Crippen LogP contribution in [-0.2, 0) is 0 Å². The average molecular weight is 248 g/mol. The molecule has 17 heavy (non-hydrogen) atoms. The van der Waals surface area contributed by atoms with Crippen molar-refractivity contribution in [3.05, 3.63) is 17.7 Å². The molecule has 0 fully saturated rings. The van der Waals surface area contributed by atoms with E-state index in [9.17, 15) is 13.6 Å². The topological polar surface area (TPSA) is 65.0 Å². The van der Waals surface area contributed by atoms with E-state index in [-0.39, 0.29) is 22.8 Å². The van der Waals surface area contributed by atoms with Crippen LogP contribution >= 0.6 is 0 Å². The minimum Gasteiger partial charge on any atom is -0.493 e. The van der Waals surface area contributed by atoms with Crippen molar-refractivity contribution in [2.45, 2.75) is 6.61 Å². The Balaban J connectivity index is 3.30. The minimum absolute atomic E-state index is 0.137. The predicted octanol–water partition coefficient (Wildman–Crippen LogP) is 2.00. The number of benzene rings is 1. The van der Waals surface area contributed by atoms with Gasteiger partial charge in [-0.05, 0) is 12.1 Å². The Bertz CT molecular complexity index is 394. The van der Waals surface area contributed by atoms with Gasteiger partial charge >= 0.3 is 12.6 Å². The number of rotatable bonds is 5. The Morgan fingerprint density at radius 1 is 1.24 bits per heavy atom. The zero-order chi connectivity index (χ0) is 13.0. The molecule has 0 saturated carbocycles. The molecule has 1 aromatic rings. The number of ether oxygens (including phenoxy) is 3. The summed E-state index contributed by atoms with van der Waals surface area (Å²) in [4.78, 5) is 10.8. The van der Waals surface area contributed by atoms with Crippen molar-refractivity contribution in [1.82, 2.24) is 0 Å². The lowest BCUT2D eigenvalue weighted by Crippen LogP contribution is -2.07. The molecule has 1 N–H and O–H groups in total. The van der Waals surface area contributed by atoms with Gasteiger partial charge in [-0.1, -0.05) is 0 Å². The van der Waals surface area contributed by atoms with E-state index in [1.807, 2.05) is 0 Å². The van der Waals surface area contributed by atoms with Crippen molar-refractivity contribution in [2.24, 2.45) is 0 Å². The molecule has 0 bridgehead atoms. The van der Waals surface area contributed by atoms with Crippen molar-refractivity contribution in [3.8, 4) is 17.2 Å². The Kier molecular flexibility index (Phi) is 4.08. The van der Waals surface area contributed by atoms with Crippen molar-refractivity contribution in [2.75, 3.05) is 14.2 Å². The van der Waals surface area contributed by atoms with Gasteiger partial charge in [-0.3, -0.25) is 0 Å². The summed E-state index contributed by atoms with van der Waals surface area (Å²) < 4.78 is 38.1. The molecule has 7 heteroatoms. The van der Waals surface area contributed by atoms with Gasteiger partial charge in [-0.2, -0.15) is 8.78 Å². The van der Waals surface area contributed by atoms with Crippen LogP contribution in [0.2, 0.25) is 0 Å². The average Bonchev–Trinajstić information content (AvgIpc) is 2.28. The lowest BCUT2D eigenvalue weighted by atomic mass is 10.2. The number of carboxylic acids is 1. The van der Waals surface area contributed by atoms with Gasteiger partial charge in [0.05, 0.1) is 19.8 Å². The van der Waals surface area contributed by atoms with Gasteiger partial charge in [-0.25, -0.2) is 4.79 Å². The zero-order valence-corrected chi connectivity index (χ0v) is 9.07. The number of carbonyl (C=O) groups is 1. The van der Waals surface area contributed by atoms with Gasteiger partial charge in [-0.15, -0.1) is 0 Å². The molecule has 94 valence electrons. The van der Waals surface area contributed by atoms with E-state index in [0.717, 1.165) is 12.1 Å². The maximum atomic E-state index is 12.2. The number of carboxylic acid groups (broad SMARTS) is 1. The third-order valence-corrected chi connectivity index (χ3v) is 1.91. The van der Waals surface area contributed by atoms with Gasteiger partial charge in [0.25, 0.3) is 0 Å². The second-order valence-electron chi connectivity index (χ2n) is 2.89. The number of methoxy groups -OCH3 is 2. The van der Waals surface area contributed by atoms with Crippen molar-refractivity contribution >= 4 is 5.97 Å². The molecule has 0 aliphatic rings. The lowest BCUT2D eigenvalue weighted by Gasteiger charge is -2.14. The van der Waals surface area contributed by atoms with E-state index in [1.165, 1.54) is 14.2 Å². The standard InChI is InChI=1S/C10H10F2O5/c1-15-6-3-5(9(13)14)4-7(16-2)8(6)17-10(11)12/h3-4,10H,1-2H3,(H,13,14). The minimum atomic E-state index is -3.06. The molecule has 0 unspecified atom stereocenters. The van der Waals surface area contributed by atoms with E-state index in [0.29, 0.717) is 0 Å². The van der Waals surface area contributed by atoms with Gasteiger partial charge in [0.2, 0.25) is 5.75 Å².